The molecule has 0 radical (unpaired) electrons. The van der Waals surface area contributed by atoms with E-state index >= 15 is 0 Å². The predicted octanol–water partition coefficient (Wildman–Crippen LogP) is 1.99. The molecule has 0 atom stereocenters. The Kier molecular flexibility index (Phi) is 3.96. The van der Waals surface area contributed by atoms with Crippen molar-refractivity contribution in [3.05, 3.63) is 29.3 Å². The van der Waals surface area contributed by atoms with Crippen molar-refractivity contribution in [2.24, 2.45) is 0 Å². The topological polar surface area (TPSA) is 23.5 Å². The lowest BCUT2D eigenvalue weighted by atomic mass is 10.1. The van der Waals surface area contributed by atoms with Gasteiger partial charge in [-0.1, -0.05) is 12.1 Å². The van der Waals surface area contributed by atoms with Gasteiger partial charge in [-0.05, 0) is 37.0 Å². The summed E-state index contributed by atoms with van der Waals surface area (Å²) in [6.07, 6.45) is 1.80. The van der Waals surface area contributed by atoms with Gasteiger partial charge < -0.3 is 10.0 Å². The Morgan fingerprint density at radius 2 is 2.00 bits per heavy atom. The number of anilines is 1. The number of benzene rings is 1. The van der Waals surface area contributed by atoms with Crippen molar-refractivity contribution in [2.75, 3.05) is 25.6 Å². The molecule has 0 aliphatic heterocycles. The van der Waals surface area contributed by atoms with Gasteiger partial charge in [0, 0.05) is 26.4 Å². The van der Waals surface area contributed by atoms with Crippen LogP contribution in [0.4, 0.5) is 5.69 Å². The summed E-state index contributed by atoms with van der Waals surface area (Å²) in [6.45, 7) is 2.39. The molecule has 14 heavy (non-hydrogen) atoms. The molecule has 1 aromatic carbocycles. The van der Waals surface area contributed by atoms with E-state index in [1.807, 2.05) is 0 Å². The zero-order valence-electron chi connectivity index (χ0n) is 9.25. The van der Waals surface area contributed by atoms with E-state index in [0.29, 0.717) is 0 Å². The quantitative estimate of drug-likeness (QED) is 0.790. The van der Waals surface area contributed by atoms with Gasteiger partial charge in [0.1, 0.15) is 0 Å². The minimum atomic E-state index is 0.269. The van der Waals surface area contributed by atoms with Crippen molar-refractivity contribution in [3.8, 4) is 0 Å². The zero-order valence-corrected chi connectivity index (χ0v) is 9.25. The van der Waals surface area contributed by atoms with E-state index in [4.69, 9.17) is 5.11 Å². The van der Waals surface area contributed by atoms with E-state index in [1.54, 1.807) is 0 Å². The second-order valence-electron chi connectivity index (χ2n) is 3.84. The highest BCUT2D eigenvalue weighted by Crippen LogP contribution is 2.20. The molecule has 2 heteroatoms. The molecule has 0 spiro atoms. The molecule has 78 valence electrons. The molecule has 0 amide bonds. The highest BCUT2D eigenvalue weighted by atomic mass is 16.2. The summed E-state index contributed by atoms with van der Waals surface area (Å²) in [4.78, 5) is 2.12. The first-order valence-electron chi connectivity index (χ1n) is 5.03. The molecular weight excluding hydrogens is 174 g/mol. The van der Waals surface area contributed by atoms with Crippen LogP contribution < -0.4 is 4.90 Å². The summed E-state index contributed by atoms with van der Waals surface area (Å²) < 4.78 is 0. The third-order valence-electron chi connectivity index (χ3n) is 2.38. The first kappa shape index (κ1) is 11.1. The smallest absolute Gasteiger partial charge is 0.0434 e. The van der Waals surface area contributed by atoms with Gasteiger partial charge in [-0.2, -0.15) is 0 Å². The van der Waals surface area contributed by atoms with Crippen LogP contribution in [0.2, 0.25) is 0 Å². The first-order valence-corrected chi connectivity index (χ1v) is 5.03. The lowest BCUT2D eigenvalue weighted by Gasteiger charge is -2.16. The Hall–Kier alpha value is -1.02. The Labute approximate surface area is 86.2 Å². The number of hydrogen-bond donors (Lipinski definition) is 1. The second-order valence-corrected chi connectivity index (χ2v) is 3.84. The van der Waals surface area contributed by atoms with Crippen LogP contribution in [0, 0.1) is 6.92 Å². The molecule has 0 fully saturated rings. The van der Waals surface area contributed by atoms with Crippen LogP contribution in [0.25, 0.3) is 0 Å². The summed E-state index contributed by atoms with van der Waals surface area (Å²) in [5, 5.41) is 8.75. The number of aryl methyl sites for hydroxylation is 2. The summed E-state index contributed by atoms with van der Waals surface area (Å²) in [6, 6.07) is 6.48. The van der Waals surface area contributed by atoms with Crippen LogP contribution in [0.1, 0.15) is 17.5 Å². The third kappa shape index (κ3) is 2.74. The predicted molar refractivity (Wildman–Crippen MR) is 60.9 cm³/mol. The number of rotatable bonds is 4. The molecule has 1 aromatic rings. The highest BCUT2D eigenvalue weighted by molar-refractivity contribution is 5.53. The fourth-order valence-corrected chi connectivity index (χ4v) is 1.58. The largest absolute Gasteiger partial charge is 0.396 e. The second kappa shape index (κ2) is 5.01. The van der Waals surface area contributed by atoms with Gasteiger partial charge in [-0.25, -0.2) is 0 Å². The normalized spacial score (nSPS) is 10.3. The van der Waals surface area contributed by atoms with E-state index in [9.17, 15) is 0 Å². The van der Waals surface area contributed by atoms with Crippen LogP contribution in [0.15, 0.2) is 18.2 Å². The minimum Gasteiger partial charge on any atom is -0.396 e. The minimum absolute atomic E-state index is 0.269. The van der Waals surface area contributed by atoms with Crippen molar-refractivity contribution in [1.29, 1.82) is 0 Å². The molecule has 0 aromatic heterocycles. The van der Waals surface area contributed by atoms with Crippen molar-refractivity contribution < 1.29 is 5.11 Å². The summed E-state index contributed by atoms with van der Waals surface area (Å²) in [5.74, 6) is 0. The van der Waals surface area contributed by atoms with E-state index in [2.05, 4.69) is 44.1 Å². The fourth-order valence-electron chi connectivity index (χ4n) is 1.58. The van der Waals surface area contributed by atoms with Gasteiger partial charge in [0.25, 0.3) is 0 Å². The summed E-state index contributed by atoms with van der Waals surface area (Å²) >= 11 is 0. The van der Waals surface area contributed by atoms with Gasteiger partial charge in [-0.15, -0.1) is 0 Å². The van der Waals surface area contributed by atoms with Crippen LogP contribution in [-0.2, 0) is 6.42 Å². The Bertz CT molecular complexity index is 294. The molecule has 0 saturated carbocycles. The monoisotopic (exact) mass is 193 g/mol. The maximum Gasteiger partial charge on any atom is 0.0434 e. The van der Waals surface area contributed by atoms with Crippen molar-refractivity contribution in [1.82, 2.24) is 0 Å². The number of aliphatic hydroxyl groups is 1. The van der Waals surface area contributed by atoms with E-state index in [0.717, 1.165) is 12.8 Å². The average Bonchev–Trinajstić information content (AvgIpc) is 2.16. The fraction of sp³-hybridized carbons (Fsp3) is 0.500. The Balaban J connectivity index is 2.83. The van der Waals surface area contributed by atoms with Crippen molar-refractivity contribution in [3.63, 3.8) is 0 Å². The molecule has 0 heterocycles. The standard InChI is InChI=1S/C12H19NO/c1-10-6-7-11(5-4-8-14)9-12(10)13(2)3/h6-7,9,14H,4-5,8H2,1-3H3. The van der Waals surface area contributed by atoms with Gasteiger partial charge >= 0.3 is 0 Å². The molecule has 0 unspecified atom stereocenters. The van der Waals surface area contributed by atoms with Crippen LogP contribution in [-0.4, -0.2) is 25.8 Å². The molecule has 0 bridgehead atoms. The number of hydrogen-bond acceptors (Lipinski definition) is 2. The molecular formula is C12H19NO. The maximum atomic E-state index is 8.75. The van der Waals surface area contributed by atoms with E-state index < -0.39 is 0 Å². The maximum absolute atomic E-state index is 8.75. The number of nitrogens with zero attached hydrogens (tertiary/aromatic N) is 1. The third-order valence-corrected chi connectivity index (χ3v) is 2.38. The molecule has 0 saturated heterocycles. The van der Waals surface area contributed by atoms with Crippen LogP contribution >= 0.6 is 0 Å². The van der Waals surface area contributed by atoms with Crippen molar-refractivity contribution in [2.45, 2.75) is 19.8 Å². The van der Waals surface area contributed by atoms with E-state index in [1.165, 1.54) is 16.8 Å². The van der Waals surface area contributed by atoms with Gasteiger partial charge in [0.15, 0.2) is 0 Å². The number of aliphatic hydroxyl groups excluding tert-OH is 1. The molecule has 1 rings (SSSR count). The SMILES string of the molecule is Cc1ccc(CCCO)cc1N(C)C. The van der Waals surface area contributed by atoms with Crippen molar-refractivity contribution >= 4 is 5.69 Å². The molecule has 1 N–H and O–H groups in total. The van der Waals surface area contributed by atoms with Crippen LogP contribution in [0.3, 0.4) is 0 Å². The molecule has 2 nitrogen and oxygen atoms in total. The summed E-state index contributed by atoms with van der Waals surface area (Å²) in [7, 11) is 4.11. The van der Waals surface area contributed by atoms with Gasteiger partial charge in [0.05, 0.1) is 0 Å². The van der Waals surface area contributed by atoms with Gasteiger partial charge in [-0.3, -0.25) is 0 Å². The highest BCUT2D eigenvalue weighted by Gasteiger charge is 2.01. The van der Waals surface area contributed by atoms with Crippen LogP contribution in [0.5, 0.6) is 0 Å². The molecule has 0 aliphatic rings. The van der Waals surface area contributed by atoms with E-state index in [-0.39, 0.29) is 6.61 Å². The zero-order chi connectivity index (χ0) is 10.6. The first-order chi connectivity index (χ1) is 6.65. The molecule has 0 aliphatic carbocycles. The Morgan fingerprint density at radius 3 is 2.57 bits per heavy atom. The average molecular weight is 193 g/mol. The lowest BCUT2D eigenvalue weighted by molar-refractivity contribution is 0.288. The Morgan fingerprint density at radius 1 is 1.29 bits per heavy atom. The van der Waals surface area contributed by atoms with Gasteiger partial charge in [0.2, 0.25) is 0 Å². The lowest BCUT2D eigenvalue weighted by Crippen LogP contribution is -2.10. The summed E-state index contributed by atoms with van der Waals surface area (Å²) in [5.41, 5.74) is 3.86.